The van der Waals surface area contributed by atoms with E-state index >= 15 is 0 Å². The molecule has 198 valence electrons. The molecule has 0 bridgehead atoms. The van der Waals surface area contributed by atoms with Crippen LogP contribution in [-0.4, -0.2) is 50.5 Å². The second-order valence-electron chi connectivity index (χ2n) is 8.61. The molecule has 1 N–H and O–H groups in total. The van der Waals surface area contributed by atoms with Gasteiger partial charge in [-0.15, -0.1) is 0 Å². The van der Waals surface area contributed by atoms with Crippen LogP contribution in [0.5, 0.6) is 0 Å². The van der Waals surface area contributed by atoms with Crippen LogP contribution < -0.4 is 9.62 Å². The topological polar surface area (TPSA) is 86.8 Å². The highest BCUT2D eigenvalue weighted by molar-refractivity contribution is 7.92. The van der Waals surface area contributed by atoms with Gasteiger partial charge in [0.1, 0.15) is 11.9 Å². The van der Waals surface area contributed by atoms with Gasteiger partial charge >= 0.3 is 0 Å². The fourth-order valence-corrected chi connectivity index (χ4v) is 4.94. The van der Waals surface area contributed by atoms with Crippen molar-refractivity contribution in [3.05, 3.63) is 64.9 Å². The second-order valence-corrected chi connectivity index (χ2v) is 11.0. The number of halogens is 2. The lowest BCUT2D eigenvalue weighted by Gasteiger charge is -2.31. The Morgan fingerprint density at radius 3 is 2.31 bits per heavy atom. The molecule has 0 fully saturated rings. The summed E-state index contributed by atoms with van der Waals surface area (Å²) in [6, 6.07) is 12.0. The molecule has 0 saturated heterocycles. The maximum Gasteiger partial charge on any atom is 0.242 e. The number of nitrogens with one attached hydrogen (secondary N) is 1. The maximum atomic E-state index is 14.3. The van der Waals surface area contributed by atoms with Crippen molar-refractivity contribution in [1.82, 2.24) is 10.2 Å². The molecular formula is C26H35ClFN3O4S. The number of carbonyl (C=O) groups is 2. The molecule has 0 aliphatic heterocycles. The minimum Gasteiger partial charge on any atom is -0.354 e. The van der Waals surface area contributed by atoms with E-state index in [1.807, 2.05) is 13.8 Å². The number of nitrogens with zero attached hydrogens (tertiary/aromatic N) is 2. The van der Waals surface area contributed by atoms with Gasteiger partial charge in [0.25, 0.3) is 0 Å². The van der Waals surface area contributed by atoms with E-state index in [9.17, 15) is 22.4 Å². The molecule has 0 aromatic heterocycles. The number of anilines is 1. The van der Waals surface area contributed by atoms with Crippen molar-refractivity contribution in [3.63, 3.8) is 0 Å². The Balaban J connectivity index is 2.20. The molecule has 2 rings (SSSR count). The average molecular weight is 540 g/mol. The Morgan fingerprint density at radius 2 is 1.72 bits per heavy atom. The first-order chi connectivity index (χ1) is 17.1. The summed E-state index contributed by atoms with van der Waals surface area (Å²) >= 11 is 5.99. The van der Waals surface area contributed by atoms with Crippen LogP contribution in [0.15, 0.2) is 48.5 Å². The van der Waals surface area contributed by atoms with Crippen LogP contribution >= 0.6 is 11.6 Å². The Hall–Kier alpha value is -2.65. The first kappa shape index (κ1) is 29.6. The van der Waals surface area contributed by atoms with E-state index < -0.39 is 21.9 Å². The summed E-state index contributed by atoms with van der Waals surface area (Å²) in [4.78, 5) is 27.8. The van der Waals surface area contributed by atoms with Gasteiger partial charge in [-0.2, -0.15) is 0 Å². The molecule has 0 unspecified atom stereocenters. The van der Waals surface area contributed by atoms with E-state index in [-0.39, 0.29) is 43.4 Å². The SMILES string of the molecule is CCCCNC(=O)[C@@H](CC)N(Cc1ccc(Cl)cc1)C(=O)CCCN(c1ccccc1F)S(C)(=O)=O. The smallest absolute Gasteiger partial charge is 0.242 e. The molecule has 0 saturated carbocycles. The number of hydrogen-bond acceptors (Lipinski definition) is 4. The van der Waals surface area contributed by atoms with Gasteiger partial charge in [0.05, 0.1) is 11.9 Å². The summed E-state index contributed by atoms with van der Waals surface area (Å²) in [5.74, 6) is -1.17. The van der Waals surface area contributed by atoms with Gasteiger partial charge in [-0.05, 0) is 49.1 Å². The van der Waals surface area contributed by atoms with Crippen molar-refractivity contribution >= 4 is 39.1 Å². The molecule has 7 nitrogen and oxygen atoms in total. The van der Waals surface area contributed by atoms with Crippen LogP contribution in [0.25, 0.3) is 0 Å². The number of hydrogen-bond donors (Lipinski definition) is 1. The van der Waals surface area contributed by atoms with Crippen molar-refractivity contribution in [2.24, 2.45) is 0 Å². The van der Waals surface area contributed by atoms with Gasteiger partial charge in [-0.3, -0.25) is 13.9 Å². The zero-order valence-electron chi connectivity index (χ0n) is 21.0. The molecule has 0 heterocycles. The van der Waals surface area contributed by atoms with Crippen LogP contribution in [0.1, 0.15) is 51.5 Å². The van der Waals surface area contributed by atoms with E-state index in [1.54, 1.807) is 30.3 Å². The zero-order valence-corrected chi connectivity index (χ0v) is 22.6. The Kier molecular flexibility index (Phi) is 11.7. The fraction of sp³-hybridized carbons (Fsp3) is 0.462. The number of unbranched alkanes of at least 4 members (excludes halogenated alkanes) is 1. The molecule has 0 spiro atoms. The Bertz CT molecular complexity index is 1110. The summed E-state index contributed by atoms with van der Waals surface area (Å²) in [6.45, 7) is 4.54. The van der Waals surface area contributed by atoms with E-state index in [2.05, 4.69) is 5.32 Å². The molecule has 36 heavy (non-hydrogen) atoms. The van der Waals surface area contributed by atoms with Crippen LogP contribution in [0.3, 0.4) is 0 Å². The number of amides is 2. The number of sulfonamides is 1. The summed E-state index contributed by atoms with van der Waals surface area (Å²) < 4.78 is 39.9. The molecule has 2 amide bonds. The van der Waals surface area contributed by atoms with Gasteiger partial charge in [-0.25, -0.2) is 12.8 Å². The van der Waals surface area contributed by atoms with Gasteiger partial charge < -0.3 is 10.2 Å². The molecule has 0 aliphatic rings. The van der Waals surface area contributed by atoms with E-state index in [0.29, 0.717) is 18.0 Å². The third-order valence-corrected chi connectivity index (χ3v) is 7.19. The molecule has 10 heteroatoms. The number of rotatable bonds is 14. The monoisotopic (exact) mass is 539 g/mol. The van der Waals surface area contributed by atoms with Crippen molar-refractivity contribution < 1.29 is 22.4 Å². The lowest BCUT2D eigenvalue weighted by atomic mass is 10.1. The fourth-order valence-electron chi connectivity index (χ4n) is 3.85. The van der Waals surface area contributed by atoms with Gasteiger partial charge in [0.2, 0.25) is 21.8 Å². The largest absolute Gasteiger partial charge is 0.354 e. The van der Waals surface area contributed by atoms with E-state index in [4.69, 9.17) is 11.6 Å². The van der Waals surface area contributed by atoms with Crippen LogP contribution in [0.2, 0.25) is 5.02 Å². The first-order valence-corrected chi connectivity index (χ1v) is 14.3. The predicted octanol–water partition coefficient (Wildman–Crippen LogP) is 4.75. The summed E-state index contributed by atoms with van der Waals surface area (Å²) in [5.41, 5.74) is 0.754. The molecule has 2 aromatic rings. The lowest BCUT2D eigenvalue weighted by Crippen LogP contribution is -2.49. The molecule has 2 aromatic carbocycles. The van der Waals surface area contributed by atoms with Crippen LogP contribution in [0.4, 0.5) is 10.1 Å². The van der Waals surface area contributed by atoms with Gasteiger partial charge in [0, 0.05) is 31.1 Å². The second kappa shape index (κ2) is 14.2. The molecule has 0 aliphatic carbocycles. The summed E-state index contributed by atoms with van der Waals surface area (Å²) in [6.07, 6.45) is 3.34. The highest BCUT2D eigenvalue weighted by Gasteiger charge is 2.29. The third-order valence-electron chi connectivity index (χ3n) is 5.75. The normalized spacial score (nSPS) is 12.1. The molecule has 1 atom stereocenters. The third kappa shape index (κ3) is 8.78. The van der Waals surface area contributed by atoms with Crippen LogP contribution in [-0.2, 0) is 26.2 Å². The summed E-state index contributed by atoms with van der Waals surface area (Å²) in [5, 5.41) is 3.47. The molecule has 0 radical (unpaired) electrons. The van der Waals surface area contributed by atoms with E-state index in [1.165, 1.54) is 23.1 Å². The minimum absolute atomic E-state index is 0.00714. The highest BCUT2D eigenvalue weighted by atomic mass is 35.5. The van der Waals surface area contributed by atoms with Crippen molar-refractivity contribution in [2.45, 2.75) is 58.5 Å². The quantitative estimate of drug-likeness (QED) is 0.351. The first-order valence-electron chi connectivity index (χ1n) is 12.1. The lowest BCUT2D eigenvalue weighted by molar-refractivity contribution is -0.141. The highest BCUT2D eigenvalue weighted by Crippen LogP contribution is 2.22. The molecular weight excluding hydrogens is 505 g/mol. The maximum absolute atomic E-state index is 14.3. The Labute approximate surface area is 218 Å². The Morgan fingerprint density at radius 1 is 1.06 bits per heavy atom. The average Bonchev–Trinajstić information content (AvgIpc) is 2.83. The van der Waals surface area contributed by atoms with E-state index in [0.717, 1.165) is 29.0 Å². The zero-order chi connectivity index (χ0) is 26.7. The predicted molar refractivity (Wildman–Crippen MR) is 142 cm³/mol. The minimum atomic E-state index is -3.77. The number of para-hydroxylation sites is 1. The van der Waals surface area contributed by atoms with Crippen molar-refractivity contribution in [1.29, 1.82) is 0 Å². The van der Waals surface area contributed by atoms with Crippen molar-refractivity contribution in [3.8, 4) is 0 Å². The number of benzene rings is 2. The van der Waals surface area contributed by atoms with Gasteiger partial charge in [-0.1, -0.05) is 56.1 Å². The summed E-state index contributed by atoms with van der Waals surface area (Å²) in [7, 11) is -3.77. The number of carbonyl (C=O) groups excluding carboxylic acids is 2. The van der Waals surface area contributed by atoms with Crippen LogP contribution in [0, 0.1) is 5.82 Å². The van der Waals surface area contributed by atoms with Crippen molar-refractivity contribution in [2.75, 3.05) is 23.7 Å². The van der Waals surface area contributed by atoms with Gasteiger partial charge in [0.15, 0.2) is 0 Å². The standard InChI is InChI=1S/C26H35ClFN3O4S/c1-4-6-17-29-26(33)23(5-2)30(19-20-13-15-21(27)16-14-20)25(32)12-9-18-31(36(3,34)35)24-11-8-7-10-22(24)28/h7-8,10-11,13-16,23H,4-6,9,12,17-19H2,1-3H3,(H,29,33)/t23-/m1/s1.